The predicted octanol–water partition coefficient (Wildman–Crippen LogP) is 4.10. The second-order valence-electron chi connectivity index (χ2n) is 6.09. The van der Waals surface area contributed by atoms with Crippen molar-refractivity contribution in [1.82, 2.24) is 5.32 Å². The van der Waals surface area contributed by atoms with Gasteiger partial charge in [0.05, 0.1) is 0 Å². The maximum Gasteiger partial charge on any atom is 0.0101 e. The molecule has 3 rings (SSSR count). The highest BCUT2D eigenvalue weighted by Gasteiger charge is 2.29. The van der Waals surface area contributed by atoms with Gasteiger partial charge in [-0.05, 0) is 49.6 Å². The standard InChI is InChI=1S/C17H25N/c1-3-7-14(8-4-1)16-11-12-18-17(13-16)15-9-5-2-6-10-15/h1,3-4,7-8,15-18H,2,5-6,9-13H2/t16-,17-/m0/s1. The second kappa shape index (κ2) is 5.88. The van der Waals surface area contributed by atoms with Gasteiger partial charge < -0.3 is 5.32 Å². The summed E-state index contributed by atoms with van der Waals surface area (Å²) in [4.78, 5) is 0. The van der Waals surface area contributed by atoms with Crippen molar-refractivity contribution >= 4 is 0 Å². The highest BCUT2D eigenvalue weighted by molar-refractivity contribution is 5.20. The van der Waals surface area contributed by atoms with Crippen LogP contribution in [0.4, 0.5) is 0 Å². The Hall–Kier alpha value is -0.820. The first kappa shape index (κ1) is 12.2. The zero-order chi connectivity index (χ0) is 12.2. The molecular formula is C17H25N. The van der Waals surface area contributed by atoms with Crippen LogP contribution in [0.1, 0.15) is 56.4 Å². The number of hydrogen-bond acceptors (Lipinski definition) is 1. The van der Waals surface area contributed by atoms with Gasteiger partial charge in [0.2, 0.25) is 0 Å². The second-order valence-corrected chi connectivity index (χ2v) is 6.09. The fourth-order valence-electron chi connectivity index (χ4n) is 3.87. The molecule has 1 aromatic carbocycles. The van der Waals surface area contributed by atoms with Gasteiger partial charge in [-0.1, -0.05) is 49.6 Å². The van der Waals surface area contributed by atoms with Crippen molar-refractivity contribution in [3.8, 4) is 0 Å². The highest BCUT2D eigenvalue weighted by Crippen LogP contribution is 2.35. The lowest BCUT2D eigenvalue weighted by molar-refractivity contribution is 0.221. The molecule has 1 N–H and O–H groups in total. The average molecular weight is 243 g/mol. The zero-order valence-electron chi connectivity index (χ0n) is 11.3. The molecule has 2 fully saturated rings. The topological polar surface area (TPSA) is 12.0 Å². The molecule has 1 heterocycles. The van der Waals surface area contributed by atoms with Crippen molar-refractivity contribution < 1.29 is 0 Å². The minimum Gasteiger partial charge on any atom is -0.314 e. The summed E-state index contributed by atoms with van der Waals surface area (Å²) in [5.41, 5.74) is 1.56. The molecule has 0 bridgehead atoms. The Morgan fingerprint density at radius 3 is 2.44 bits per heavy atom. The monoisotopic (exact) mass is 243 g/mol. The van der Waals surface area contributed by atoms with Crippen LogP contribution in [0.5, 0.6) is 0 Å². The molecule has 2 aliphatic rings. The van der Waals surface area contributed by atoms with Crippen LogP contribution < -0.4 is 5.32 Å². The lowest BCUT2D eigenvalue weighted by atomic mass is 9.76. The summed E-state index contributed by atoms with van der Waals surface area (Å²) >= 11 is 0. The Labute approximate surface area is 111 Å². The summed E-state index contributed by atoms with van der Waals surface area (Å²) in [7, 11) is 0. The fraction of sp³-hybridized carbons (Fsp3) is 0.647. The van der Waals surface area contributed by atoms with Crippen molar-refractivity contribution in [3.05, 3.63) is 35.9 Å². The number of benzene rings is 1. The summed E-state index contributed by atoms with van der Waals surface area (Å²) in [5, 5.41) is 3.79. The summed E-state index contributed by atoms with van der Waals surface area (Å²) in [6, 6.07) is 11.9. The molecule has 1 saturated heterocycles. The molecule has 1 saturated carbocycles. The molecule has 0 spiro atoms. The van der Waals surface area contributed by atoms with Gasteiger partial charge in [-0.2, -0.15) is 0 Å². The number of rotatable bonds is 2. The van der Waals surface area contributed by atoms with Gasteiger partial charge in [-0.25, -0.2) is 0 Å². The van der Waals surface area contributed by atoms with E-state index in [4.69, 9.17) is 0 Å². The van der Waals surface area contributed by atoms with Crippen molar-refractivity contribution in [3.63, 3.8) is 0 Å². The molecule has 0 amide bonds. The van der Waals surface area contributed by atoms with Gasteiger partial charge in [-0.15, -0.1) is 0 Å². The SMILES string of the molecule is c1ccc([C@H]2CCN[C@H](C3CCCCC3)C2)cc1. The van der Waals surface area contributed by atoms with Crippen molar-refractivity contribution in [1.29, 1.82) is 0 Å². The van der Waals surface area contributed by atoms with E-state index in [0.717, 1.165) is 17.9 Å². The van der Waals surface area contributed by atoms with Gasteiger partial charge in [0.15, 0.2) is 0 Å². The van der Waals surface area contributed by atoms with E-state index in [1.165, 1.54) is 51.5 Å². The molecule has 0 unspecified atom stereocenters. The van der Waals surface area contributed by atoms with Crippen LogP contribution in [-0.4, -0.2) is 12.6 Å². The first-order valence-electron chi connectivity index (χ1n) is 7.72. The fourth-order valence-corrected chi connectivity index (χ4v) is 3.87. The van der Waals surface area contributed by atoms with Crippen LogP contribution in [0.25, 0.3) is 0 Å². The van der Waals surface area contributed by atoms with Crippen molar-refractivity contribution in [2.45, 2.75) is 56.9 Å². The number of piperidine rings is 1. The molecule has 18 heavy (non-hydrogen) atoms. The maximum absolute atomic E-state index is 3.79. The molecule has 0 aromatic heterocycles. The zero-order valence-corrected chi connectivity index (χ0v) is 11.3. The normalized spacial score (nSPS) is 30.2. The summed E-state index contributed by atoms with van der Waals surface area (Å²) in [6.45, 7) is 1.21. The Bertz CT molecular complexity index is 353. The quantitative estimate of drug-likeness (QED) is 0.824. The van der Waals surface area contributed by atoms with E-state index in [0.29, 0.717) is 0 Å². The van der Waals surface area contributed by atoms with E-state index in [2.05, 4.69) is 35.6 Å². The van der Waals surface area contributed by atoms with Crippen LogP contribution in [-0.2, 0) is 0 Å². The summed E-state index contributed by atoms with van der Waals surface area (Å²) in [6.07, 6.45) is 9.96. The minimum atomic E-state index is 0.782. The van der Waals surface area contributed by atoms with Gasteiger partial charge >= 0.3 is 0 Å². The van der Waals surface area contributed by atoms with Crippen LogP contribution in [0.15, 0.2) is 30.3 Å². The van der Waals surface area contributed by atoms with E-state index in [1.54, 1.807) is 5.56 Å². The largest absolute Gasteiger partial charge is 0.314 e. The number of hydrogen-bond donors (Lipinski definition) is 1. The molecule has 1 aliphatic carbocycles. The van der Waals surface area contributed by atoms with Gasteiger partial charge in [0.25, 0.3) is 0 Å². The Balaban J connectivity index is 1.64. The van der Waals surface area contributed by atoms with E-state index < -0.39 is 0 Å². The van der Waals surface area contributed by atoms with Crippen LogP contribution in [0.2, 0.25) is 0 Å². The Morgan fingerprint density at radius 1 is 0.889 bits per heavy atom. The van der Waals surface area contributed by atoms with Crippen molar-refractivity contribution in [2.24, 2.45) is 5.92 Å². The van der Waals surface area contributed by atoms with Gasteiger partial charge in [0.1, 0.15) is 0 Å². The van der Waals surface area contributed by atoms with Gasteiger partial charge in [-0.3, -0.25) is 0 Å². The summed E-state index contributed by atoms with van der Waals surface area (Å²) in [5.74, 6) is 1.74. The van der Waals surface area contributed by atoms with Crippen LogP contribution in [0.3, 0.4) is 0 Å². The van der Waals surface area contributed by atoms with Gasteiger partial charge in [0, 0.05) is 6.04 Å². The third-order valence-corrected chi connectivity index (χ3v) is 4.93. The van der Waals surface area contributed by atoms with Crippen molar-refractivity contribution in [2.75, 3.05) is 6.54 Å². The number of nitrogens with one attached hydrogen (secondary N) is 1. The smallest absolute Gasteiger partial charge is 0.0101 e. The lowest BCUT2D eigenvalue weighted by Gasteiger charge is -2.37. The highest BCUT2D eigenvalue weighted by atomic mass is 14.9. The Kier molecular flexibility index (Phi) is 3.99. The Morgan fingerprint density at radius 2 is 1.67 bits per heavy atom. The lowest BCUT2D eigenvalue weighted by Crippen LogP contribution is -2.43. The maximum atomic E-state index is 3.79. The molecular weight excluding hydrogens is 218 g/mol. The van der Waals surface area contributed by atoms with E-state index in [1.807, 2.05) is 0 Å². The first-order chi connectivity index (χ1) is 8.93. The molecule has 1 nitrogen and oxygen atoms in total. The molecule has 0 radical (unpaired) electrons. The van der Waals surface area contributed by atoms with E-state index in [9.17, 15) is 0 Å². The molecule has 1 aromatic rings. The van der Waals surface area contributed by atoms with Crippen LogP contribution in [0, 0.1) is 5.92 Å². The molecule has 2 atom stereocenters. The summed E-state index contributed by atoms with van der Waals surface area (Å²) < 4.78 is 0. The third kappa shape index (κ3) is 2.77. The van der Waals surface area contributed by atoms with Crippen LogP contribution >= 0.6 is 0 Å². The first-order valence-corrected chi connectivity index (χ1v) is 7.72. The predicted molar refractivity (Wildman–Crippen MR) is 76.8 cm³/mol. The molecule has 98 valence electrons. The average Bonchev–Trinajstić information content (AvgIpc) is 2.49. The third-order valence-electron chi connectivity index (χ3n) is 4.93. The van der Waals surface area contributed by atoms with E-state index >= 15 is 0 Å². The molecule has 1 heteroatoms. The minimum absolute atomic E-state index is 0.782. The molecule has 1 aliphatic heterocycles. The van der Waals surface area contributed by atoms with E-state index in [-0.39, 0.29) is 0 Å².